The van der Waals surface area contributed by atoms with Gasteiger partial charge in [0, 0.05) is 28.9 Å². The van der Waals surface area contributed by atoms with Gasteiger partial charge in [0.2, 0.25) is 0 Å². The van der Waals surface area contributed by atoms with E-state index in [1.807, 2.05) is 0 Å². The third kappa shape index (κ3) is 1.96. The number of rotatable bonds is 0. The molecule has 0 bridgehead atoms. The summed E-state index contributed by atoms with van der Waals surface area (Å²) in [4.78, 5) is 17.6. The molecule has 1 N–H and O–H groups in total. The Kier molecular flexibility index (Phi) is 3.71. The van der Waals surface area contributed by atoms with Crippen molar-refractivity contribution in [2.24, 2.45) is 34.5 Å². The fourth-order valence-corrected chi connectivity index (χ4v) is 9.37. The fourth-order valence-electron chi connectivity index (χ4n) is 9.37. The molecule has 0 saturated heterocycles. The molecule has 7 unspecified atom stereocenters. The quantitative estimate of drug-likeness (QED) is 0.505. The van der Waals surface area contributed by atoms with Crippen LogP contribution in [0.2, 0.25) is 0 Å². The molecule has 160 valence electrons. The highest BCUT2D eigenvalue weighted by Gasteiger charge is 2.69. The van der Waals surface area contributed by atoms with E-state index in [0.29, 0.717) is 35.4 Å². The summed E-state index contributed by atoms with van der Waals surface area (Å²) in [5.41, 5.74) is 4.52. The minimum absolute atomic E-state index is 0.116. The van der Waals surface area contributed by atoms with Crippen molar-refractivity contribution in [2.75, 3.05) is 0 Å². The van der Waals surface area contributed by atoms with E-state index in [1.54, 1.807) is 0 Å². The van der Waals surface area contributed by atoms with Crippen LogP contribution in [-0.4, -0.2) is 10.8 Å². The molecular weight excluding hydrogens is 366 g/mol. The lowest BCUT2D eigenvalue weighted by atomic mass is 9.34. The highest BCUT2D eigenvalue weighted by molar-refractivity contribution is 5.91. The molecule has 6 rings (SSSR count). The standard InChI is InChI=1S/C28H37NO/c1-16-11-13-27(5)17(2)9-10-22(30)28(27)14-12-20-24(25(16)28)18-15-29-21-8-6-7-19(23(18)21)26(20,3)4/h6-8,15-17,20,24-25,29H,9-14H2,1-5H3. The Hall–Kier alpha value is -1.57. The second-order valence-electron chi connectivity index (χ2n) is 12.2. The van der Waals surface area contributed by atoms with E-state index in [-0.39, 0.29) is 16.2 Å². The number of Topliss-reactive ketones (excluding diaryl/α,β-unsaturated/α-hetero) is 1. The summed E-state index contributed by atoms with van der Waals surface area (Å²) in [7, 11) is 0. The first-order valence-corrected chi connectivity index (χ1v) is 12.4. The van der Waals surface area contributed by atoms with Crippen molar-refractivity contribution in [3.05, 3.63) is 35.5 Å². The molecule has 2 aromatic rings. The van der Waals surface area contributed by atoms with Crippen molar-refractivity contribution in [3.8, 4) is 0 Å². The Morgan fingerprint density at radius 1 is 1.03 bits per heavy atom. The van der Waals surface area contributed by atoms with Gasteiger partial charge in [0.1, 0.15) is 5.78 Å². The van der Waals surface area contributed by atoms with E-state index in [1.165, 1.54) is 41.3 Å². The Balaban J connectivity index is 1.63. The largest absolute Gasteiger partial charge is 0.361 e. The molecule has 4 aliphatic rings. The first kappa shape index (κ1) is 19.1. The van der Waals surface area contributed by atoms with Gasteiger partial charge < -0.3 is 4.98 Å². The van der Waals surface area contributed by atoms with Crippen molar-refractivity contribution < 1.29 is 4.79 Å². The highest BCUT2D eigenvalue weighted by atomic mass is 16.1. The number of carbonyl (C=O) groups excluding carboxylic acids is 1. The first-order valence-electron chi connectivity index (χ1n) is 12.4. The number of aromatic amines is 1. The van der Waals surface area contributed by atoms with E-state index in [9.17, 15) is 4.79 Å². The van der Waals surface area contributed by atoms with Crippen LogP contribution in [0.5, 0.6) is 0 Å². The van der Waals surface area contributed by atoms with Crippen molar-refractivity contribution >= 4 is 16.7 Å². The third-order valence-electron chi connectivity index (χ3n) is 11.1. The van der Waals surface area contributed by atoms with Gasteiger partial charge in [0.15, 0.2) is 0 Å². The molecule has 7 atom stereocenters. The number of hydrogen-bond donors (Lipinski definition) is 1. The summed E-state index contributed by atoms with van der Waals surface area (Å²) >= 11 is 0. The predicted octanol–water partition coefficient (Wildman–Crippen LogP) is 6.99. The fraction of sp³-hybridized carbons (Fsp3) is 0.679. The number of ketones is 1. The first-order chi connectivity index (χ1) is 14.2. The lowest BCUT2D eigenvalue weighted by molar-refractivity contribution is -0.189. The van der Waals surface area contributed by atoms with E-state index in [4.69, 9.17) is 0 Å². The molecule has 30 heavy (non-hydrogen) atoms. The average molecular weight is 404 g/mol. The van der Waals surface area contributed by atoms with Crippen molar-refractivity contribution in [1.82, 2.24) is 4.98 Å². The SMILES string of the molecule is CC1CCC2(C)C(C)CCC(=O)C23CCC2C(c4c[nH]c5cccc(c45)C2(C)C)C13. The van der Waals surface area contributed by atoms with Gasteiger partial charge in [0.05, 0.1) is 0 Å². The van der Waals surface area contributed by atoms with Crippen LogP contribution < -0.4 is 0 Å². The number of aromatic nitrogens is 1. The number of fused-ring (bicyclic) bond motifs is 3. The van der Waals surface area contributed by atoms with Crippen LogP contribution >= 0.6 is 0 Å². The molecule has 2 heteroatoms. The summed E-state index contributed by atoms with van der Waals surface area (Å²) in [6.07, 6.45) is 9.03. The highest BCUT2D eigenvalue weighted by Crippen LogP contribution is 2.73. The summed E-state index contributed by atoms with van der Waals surface area (Å²) < 4.78 is 0. The Morgan fingerprint density at radius 2 is 1.83 bits per heavy atom. The summed E-state index contributed by atoms with van der Waals surface area (Å²) in [6.45, 7) is 12.4. The molecule has 1 aromatic carbocycles. The Labute approximate surface area is 181 Å². The lowest BCUT2D eigenvalue weighted by Crippen LogP contribution is -2.65. The minimum atomic E-state index is -0.116. The average Bonchev–Trinajstić information content (AvgIpc) is 3.16. The summed E-state index contributed by atoms with van der Waals surface area (Å²) in [5.74, 6) is 3.49. The maximum Gasteiger partial charge on any atom is 0.139 e. The molecule has 2 nitrogen and oxygen atoms in total. The second kappa shape index (κ2) is 5.81. The number of nitrogens with one attached hydrogen (secondary N) is 1. The van der Waals surface area contributed by atoms with Crippen molar-refractivity contribution in [1.29, 1.82) is 0 Å². The molecule has 3 saturated carbocycles. The van der Waals surface area contributed by atoms with Gasteiger partial charge in [-0.2, -0.15) is 0 Å². The van der Waals surface area contributed by atoms with Gasteiger partial charge in [-0.25, -0.2) is 0 Å². The van der Waals surface area contributed by atoms with Crippen LogP contribution in [0, 0.1) is 34.5 Å². The third-order valence-corrected chi connectivity index (χ3v) is 11.1. The second-order valence-corrected chi connectivity index (χ2v) is 12.2. The molecule has 3 fully saturated rings. The summed E-state index contributed by atoms with van der Waals surface area (Å²) in [6, 6.07) is 6.82. The molecule has 0 amide bonds. The van der Waals surface area contributed by atoms with Crippen LogP contribution in [0.25, 0.3) is 10.9 Å². The Bertz CT molecular complexity index is 1050. The van der Waals surface area contributed by atoms with E-state index in [0.717, 1.165) is 19.3 Å². The van der Waals surface area contributed by atoms with Crippen molar-refractivity contribution in [2.45, 2.75) is 84.5 Å². The monoisotopic (exact) mass is 403 g/mol. The van der Waals surface area contributed by atoms with Gasteiger partial charge in [-0.3, -0.25) is 4.79 Å². The predicted molar refractivity (Wildman–Crippen MR) is 123 cm³/mol. The van der Waals surface area contributed by atoms with Gasteiger partial charge >= 0.3 is 0 Å². The molecule has 0 aliphatic heterocycles. The number of benzene rings is 1. The molecule has 1 aromatic heterocycles. The number of hydrogen-bond acceptors (Lipinski definition) is 1. The van der Waals surface area contributed by atoms with E-state index in [2.05, 4.69) is 64.0 Å². The van der Waals surface area contributed by atoms with Crippen LogP contribution in [0.15, 0.2) is 24.4 Å². The number of carbonyl (C=O) groups is 1. The zero-order chi connectivity index (χ0) is 21.1. The minimum Gasteiger partial charge on any atom is -0.361 e. The maximum atomic E-state index is 13.9. The van der Waals surface area contributed by atoms with Gasteiger partial charge in [-0.1, -0.05) is 46.8 Å². The topological polar surface area (TPSA) is 32.9 Å². The van der Waals surface area contributed by atoms with E-state index >= 15 is 0 Å². The Morgan fingerprint density at radius 3 is 2.63 bits per heavy atom. The normalized spacial score (nSPS) is 44.3. The maximum absolute atomic E-state index is 13.9. The number of H-pyrrole nitrogens is 1. The van der Waals surface area contributed by atoms with Crippen LogP contribution in [0.3, 0.4) is 0 Å². The molecule has 4 aliphatic carbocycles. The molecule has 1 spiro atoms. The van der Waals surface area contributed by atoms with Crippen LogP contribution in [0.1, 0.15) is 90.2 Å². The zero-order valence-corrected chi connectivity index (χ0v) is 19.3. The zero-order valence-electron chi connectivity index (χ0n) is 19.3. The van der Waals surface area contributed by atoms with Crippen LogP contribution in [-0.2, 0) is 10.2 Å². The van der Waals surface area contributed by atoms with Gasteiger partial charge in [-0.15, -0.1) is 0 Å². The lowest BCUT2D eigenvalue weighted by Gasteiger charge is -2.68. The smallest absolute Gasteiger partial charge is 0.139 e. The molecule has 1 heterocycles. The van der Waals surface area contributed by atoms with Crippen LogP contribution in [0.4, 0.5) is 0 Å². The van der Waals surface area contributed by atoms with Gasteiger partial charge in [0.25, 0.3) is 0 Å². The molecular formula is C28H37NO. The van der Waals surface area contributed by atoms with Crippen molar-refractivity contribution in [3.63, 3.8) is 0 Å². The van der Waals surface area contributed by atoms with E-state index < -0.39 is 0 Å². The van der Waals surface area contributed by atoms with Gasteiger partial charge in [-0.05, 0) is 89.7 Å². The molecule has 0 radical (unpaired) electrons. The summed E-state index contributed by atoms with van der Waals surface area (Å²) in [5, 5.41) is 1.47.